The van der Waals surface area contributed by atoms with E-state index >= 15 is 0 Å². The molecule has 18 N–H and O–H groups in total. The van der Waals surface area contributed by atoms with Gasteiger partial charge in [-0.25, -0.2) is 0 Å². The molecule has 0 bridgehead atoms. The number of nitrogens with one attached hydrogen (secondary N) is 12. The lowest BCUT2D eigenvalue weighted by Crippen LogP contribution is -2.53. The molecule has 7 aromatic carbocycles. The van der Waals surface area contributed by atoms with E-state index in [2.05, 4.69) is 63.8 Å². The molecule has 12 amide bonds. The first-order chi connectivity index (χ1) is 61.8. The average Bonchev–Trinajstić information content (AvgIpc) is 0.711. The van der Waals surface area contributed by atoms with Crippen molar-refractivity contribution in [2.75, 3.05) is 0 Å². The van der Waals surface area contributed by atoms with Crippen LogP contribution >= 0.6 is 0 Å². The number of rotatable bonds is 42. The number of hydrogen-bond acceptors (Lipinski definition) is 18. The zero-order valence-electron chi connectivity index (χ0n) is 76.3. The molecule has 36 heteroatoms. The molecule has 7 aromatic rings. The molecule has 0 unspecified atom stereocenters. The normalized spacial score (nSPS) is 14.0. The Balaban J connectivity index is 1.76. The first-order valence-corrected chi connectivity index (χ1v) is 42.8. The van der Waals surface area contributed by atoms with E-state index in [9.17, 15) is 117 Å². The molecule has 0 aromatic heterocycles. The number of hydrogen-bond donors (Lipinski definition) is 18. The van der Waals surface area contributed by atoms with Gasteiger partial charge in [0.25, 0.3) is 35.4 Å². The number of aliphatic carboxylic acids is 6. The molecule has 12 atom stereocenters. The number of carboxylic acids is 6. The maximum Gasteiger partial charge on any atom is 0.325 e. The third-order valence-corrected chi connectivity index (χ3v) is 21.9. The molecule has 0 radical (unpaired) electrons. The zero-order chi connectivity index (χ0) is 98.6. The SMILES string of the molecule is CC(C)[C@H](NC(=O)c1ccc(-c2c(-c3ccc(C(=O)N[C@H](C(=O)N[C@@H](C)C(=O)O)C(C)C)cc3)c(-c3ccc(C(=O)N[C@H](C(=O)N[C@@H](C)C(=O)O)C(C)C)cc3)c(-c3ccc(C(=O)N[C@H](C(=O)N[C@@H](C)C(=O)O)C(C)C)cc3)c(-c3ccc(C(=O)N[C@H](C(=O)N[C@@H](C)C(=O)O)C(C)C)cc3)c2-c2ccc(C(=O)N[C@H](C(=O)N[C@@H](C)C(=O)O)C(C)C)cc2)cc1)C(=O)N[C@@H](C)C(=O)O. The summed E-state index contributed by atoms with van der Waals surface area (Å²) in [6, 6.07) is 19.5. The molecular formula is C96H114N12O24. The van der Waals surface area contributed by atoms with Gasteiger partial charge >= 0.3 is 35.8 Å². The topological polar surface area (TPSA) is 573 Å². The van der Waals surface area contributed by atoms with Crippen molar-refractivity contribution in [3.05, 3.63) is 179 Å². The van der Waals surface area contributed by atoms with Gasteiger partial charge in [0.1, 0.15) is 72.5 Å². The van der Waals surface area contributed by atoms with Crippen molar-refractivity contribution in [3.63, 3.8) is 0 Å². The largest absolute Gasteiger partial charge is 0.480 e. The summed E-state index contributed by atoms with van der Waals surface area (Å²) in [5, 5.41) is 89.3. The molecule has 0 aliphatic rings. The minimum atomic E-state index is -1.37. The summed E-state index contributed by atoms with van der Waals surface area (Å²) >= 11 is 0. The Labute approximate surface area is 762 Å². The van der Waals surface area contributed by atoms with E-state index in [0.717, 1.165) is 0 Å². The highest BCUT2D eigenvalue weighted by Crippen LogP contribution is 2.56. The van der Waals surface area contributed by atoms with Crippen molar-refractivity contribution in [1.29, 1.82) is 0 Å². The van der Waals surface area contributed by atoms with E-state index in [1.807, 2.05) is 0 Å². The van der Waals surface area contributed by atoms with E-state index in [-0.39, 0.29) is 100 Å². The lowest BCUT2D eigenvalue weighted by Gasteiger charge is -2.29. The molecule has 7 rings (SSSR count). The third-order valence-electron chi connectivity index (χ3n) is 21.9. The highest BCUT2D eigenvalue weighted by Gasteiger charge is 2.37. The Morgan fingerprint density at radius 1 is 0.167 bits per heavy atom. The van der Waals surface area contributed by atoms with Crippen molar-refractivity contribution < 1.29 is 117 Å². The molecular weight excluding hydrogens is 1710 g/mol. The van der Waals surface area contributed by atoms with Crippen LogP contribution in [0.15, 0.2) is 146 Å². The van der Waals surface area contributed by atoms with Crippen LogP contribution in [0.2, 0.25) is 0 Å². The van der Waals surface area contributed by atoms with Crippen LogP contribution in [0.1, 0.15) is 187 Å². The molecule has 0 aliphatic heterocycles. The minimum Gasteiger partial charge on any atom is -0.480 e. The number of carbonyl (C=O) groups is 18. The fourth-order valence-electron chi connectivity index (χ4n) is 14.0. The zero-order valence-corrected chi connectivity index (χ0v) is 76.3. The number of carboxylic acid groups (broad SMARTS) is 6. The third kappa shape index (κ3) is 26.6. The van der Waals surface area contributed by atoms with Crippen LogP contribution in [0.4, 0.5) is 0 Å². The van der Waals surface area contributed by atoms with Gasteiger partial charge in [0, 0.05) is 33.4 Å². The minimum absolute atomic E-state index is 0.0600. The summed E-state index contributed by atoms with van der Waals surface area (Å²) < 4.78 is 0. The van der Waals surface area contributed by atoms with Crippen molar-refractivity contribution >= 4 is 107 Å². The van der Waals surface area contributed by atoms with E-state index in [1.54, 1.807) is 156 Å². The Kier molecular flexibility index (Phi) is 36.1. The summed E-state index contributed by atoms with van der Waals surface area (Å²) in [6.07, 6.45) is 0. The number of amides is 12. The summed E-state index contributed by atoms with van der Waals surface area (Å²) in [6.45, 7) is 26.9. The highest BCUT2D eigenvalue weighted by molar-refractivity contribution is 6.17. The molecule has 0 saturated carbocycles. The Hall–Kier alpha value is -15.0. The van der Waals surface area contributed by atoms with E-state index in [0.29, 0.717) is 0 Å². The lowest BCUT2D eigenvalue weighted by atomic mass is 9.74. The fourth-order valence-corrected chi connectivity index (χ4v) is 14.0. The van der Waals surface area contributed by atoms with Crippen molar-refractivity contribution in [1.82, 2.24) is 63.8 Å². The first kappa shape index (κ1) is 104. The maximum absolute atomic E-state index is 14.8. The van der Waals surface area contributed by atoms with Crippen LogP contribution in [0.5, 0.6) is 0 Å². The second kappa shape index (κ2) is 45.8. The average molecular weight is 1820 g/mol. The number of carbonyl (C=O) groups excluding carboxylic acids is 12. The molecule has 0 saturated heterocycles. The van der Waals surface area contributed by atoms with Gasteiger partial charge in [-0.3, -0.25) is 86.3 Å². The second-order valence-corrected chi connectivity index (χ2v) is 34.3. The predicted octanol–water partition coefficient (Wildman–Crippen LogP) is 7.75. The van der Waals surface area contributed by atoms with Gasteiger partial charge in [0.05, 0.1) is 0 Å². The standard InChI is InChI=1S/C96H114N12O24/c1-43(2)73(85(115)97-49(13)91(121)122)103-79(109)61-31-19-55(20-32-61)67-68(56-21-33-62(34-22-56)80(110)104-74(44(3)4)86(116)98-50(14)92(123)124)70(58-25-37-64(38-26-58)82(112)106-76(46(7)8)88(118)100-52(16)94(127)128)72(60-29-41-66(42-30-60)84(114)108-78(48(11)12)90(120)102-54(18)96(131)132)71(59-27-39-65(40-28-59)83(113)107-77(47(9)10)89(119)101-53(17)95(129)130)69(67)57-23-35-63(36-24-57)81(111)105-75(45(5)6)87(117)99-51(15)93(125)126/h19-54,73-78H,1-18H3,(H,97,115)(H,98,116)(H,99,117)(H,100,118)(H,101,119)(H,102,120)(H,103,109)(H,104,110)(H,105,111)(H,106,112)(H,107,113)(H,108,114)(H,121,122)(H,123,124)(H,125,126)(H,127,128)(H,129,130)(H,131,132)/t49-,50-,51-,52-,53-,54-,73-,74-,75-,76-,77-,78-/m0/s1. The van der Waals surface area contributed by atoms with Crippen LogP contribution in [-0.4, -0.2) is 210 Å². The van der Waals surface area contributed by atoms with Gasteiger partial charge < -0.3 is 94.4 Å². The molecule has 36 nitrogen and oxygen atoms in total. The summed E-state index contributed by atoms with van der Waals surface area (Å²) in [4.78, 5) is 244. The van der Waals surface area contributed by atoms with Crippen LogP contribution in [0.3, 0.4) is 0 Å². The Bertz CT molecular complexity index is 4630. The molecule has 0 spiro atoms. The van der Waals surface area contributed by atoms with E-state index in [1.165, 1.54) is 114 Å². The van der Waals surface area contributed by atoms with Gasteiger partial charge in [-0.05, 0) is 217 Å². The monoisotopic (exact) mass is 1820 g/mol. The Morgan fingerprint density at radius 3 is 0.348 bits per heavy atom. The van der Waals surface area contributed by atoms with Crippen LogP contribution in [0.25, 0.3) is 66.8 Å². The quantitative estimate of drug-likeness (QED) is 0.0174. The summed E-state index contributed by atoms with van der Waals surface area (Å²) in [7, 11) is 0. The molecule has 132 heavy (non-hydrogen) atoms. The van der Waals surface area contributed by atoms with Crippen LogP contribution in [-0.2, 0) is 57.5 Å². The second-order valence-electron chi connectivity index (χ2n) is 34.3. The van der Waals surface area contributed by atoms with Crippen molar-refractivity contribution in [2.45, 2.75) is 197 Å². The predicted molar refractivity (Wildman–Crippen MR) is 487 cm³/mol. The van der Waals surface area contributed by atoms with Gasteiger partial charge in [-0.1, -0.05) is 156 Å². The first-order valence-electron chi connectivity index (χ1n) is 42.8. The lowest BCUT2D eigenvalue weighted by molar-refractivity contribution is -0.142. The van der Waals surface area contributed by atoms with E-state index < -0.39 is 215 Å². The van der Waals surface area contributed by atoms with Gasteiger partial charge in [-0.2, -0.15) is 0 Å². The smallest absolute Gasteiger partial charge is 0.325 e. The van der Waals surface area contributed by atoms with Crippen molar-refractivity contribution in [3.8, 4) is 66.8 Å². The maximum atomic E-state index is 14.8. The fraction of sp³-hybridized carbons (Fsp3) is 0.375. The summed E-state index contributed by atoms with van der Waals surface area (Å²) in [5.41, 5.74) is 2.28. The van der Waals surface area contributed by atoms with Gasteiger partial charge in [0.15, 0.2) is 0 Å². The van der Waals surface area contributed by atoms with Crippen molar-refractivity contribution in [2.24, 2.45) is 35.5 Å². The molecule has 0 heterocycles. The highest BCUT2D eigenvalue weighted by atomic mass is 16.4. The Morgan fingerprint density at radius 2 is 0.265 bits per heavy atom. The molecule has 702 valence electrons. The number of benzene rings is 7. The van der Waals surface area contributed by atoms with E-state index in [4.69, 9.17) is 0 Å². The summed E-state index contributed by atoms with van der Waals surface area (Å²) in [5.74, 6) is -21.7. The molecule has 0 aliphatic carbocycles. The van der Waals surface area contributed by atoms with Gasteiger partial charge in [0.2, 0.25) is 35.4 Å². The van der Waals surface area contributed by atoms with Gasteiger partial charge in [-0.15, -0.1) is 0 Å². The van der Waals surface area contributed by atoms with Crippen LogP contribution in [0, 0.1) is 35.5 Å². The van der Waals surface area contributed by atoms with Crippen LogP contribution < -0.4 is 63.8 Å². The molecule has 0 fully saturated rings.